The topological polar surface area (TPSA) is 159 Å². The molecule has 0 bridgehead atoms. The smallest absolute Gasteiger partial charge is 0.335 e. The van der Waals surface area contributed by atoms with Gasteiger partial charge in [0.25, 0.3) is 0 Å². The predicted octanol–water partition coefficient (Wildman–Crippen LogP) is -3.88. The van der Waals surface area contributed by atoms with E-state index >= 15 is 0 Å². The van der Waals surface area contributed by atoms with E-state index in [1.165, 1.54) is 0 Å². The molecule has 0 amide bonds. The number of rotatable bonds is 5. The molecule has 15 heavy (non-hydrogen) atoms. The van der Waals surface area contributed by atoms with Gasteiger partial charge in [0.2, 0.25) is 0 Å². The average Bonchev–Trinajstić information content (AvgIpc) is 2.27. The van der Waals surface area contributed by atoms with Gasteiger partial charge in [-0.2, -0.15) is 0 Å². The maximum absolute atomic E-state index is 10.1. The first kappa shape index (κ1) is 16.7. The minimum Gasteiger partial charge on any atom is -0.479 e. The summed E-state index contributed by atoms with van der Waals surface area (Å²) in [5, 5.41) is 58.8. The molecule has 0 aliphatic rings. The molecule has 0 saturated heterocycles. The Kier molecular flexibility index (Phi) is 9.47. The maximum Gasteiger partial charge on any atom is 0.335 e. The van der Waals surface area contributed by atoms with Gasteiger partial charge < -0.3 is 35.7 Å². The van der Waals surface area contributed by atoms with E-state index < -0.39 is 37.0 Å². The third-order valence-electron chi connectivity index (χ3n) is 1.51. The molecule has 0 radical (unpaired) electrons. The Bertz CT molecular complexity index is 172. The Labute approximate surface area is 85.7 Å². The minimum atomic E-state index is -2.20. The van der Waals surface area contributed by atoms with Gasteiger partial charge in [-0.3, -0.25) is 0 Å². The third kappa shape index (κ3) is 5.62. The number of hydrogen-bond donors (Lipinski definition) is 7. The molecule has 0 aromatic carbocycles. The second kappa shape index (κ2) is 8.53. The molecule has 0 saturated carbocycles. The molecule has 0 spiro atoms. The van der Waals surface area contributed by atoms with Crippen LogP contribution in [0.25, 0.3) is 0 Å². The Morgan fingerprint density at radius 3 is 1.73 bits per heavy atom. The first-order valence-electron chi connectivity index (χ1n) is 3.92. The molecular formula is C7H16O8. The normalized spacial score (nSPS) is 18.1. The van der Waals surface area contributed by atoms with Gasteiger partial charge in [-0.25, -0.2) is 4.79 Å². The standard InChI is InChI=1S/C6H12O7.CH4O/c7-1-2(8)3(9)4(10)5(11)6(12)13;1-2/h2-5,7-11H,1H2,(H,12,13);2H,1H3. The number of carboxylic acids is 1. The van der Waals surface area contributed by atoms with Gasteiger partial charge in [0.1, 0.15) is 18.3 Å². The summed E-state index contributed by atoms with van der Waals surface area (Å²) in [7, 11) is 1.00. The molecule has 0 aromatic heterocycles. The average molecular weight is 228 g/mol. The van der Waals surface area contributed by atoms with E-state index in [1.807, 2.05) is 0 Å². The van der Waals surface area contributed by atoms with Gasteiger partial charge in [0.15, 0.2) is 6.10 Å². The van der Waals surface area contributed by atoms with Crippen molar-refractivity contribution in [3.63, 3.8) is 0 Å². The van der Waals surface area contributed by atoms with Gasteiger partial charge in [0.05, 0.1) is 6.61 Å². The molecule has 8 heteroatoms. The summed E-state index contributed by atoms with van der Waals surface area (Å²) in [6, 6.07) is 0. The highest BCUT2D eigenvalue weighted by Gasteiger charge is 2.33. The highest BCUT2D eigenvalue weighted by molar-refractivity contribution is 5.72. The van der Waals surface area contributed by atoms with Crippen molar-refractivity contribution in [2.45, 2.75) is 24.4 Å². The summed E-state index contributed by atoms with van der Waals surface area (Å²) < 4.78 is 0. The van der Waals surface area contributed by atoms with Crippen molar-refractivity contribution < 1.29 is 40.5 Å². The van der Waals surface area contributed by atoms with Crippen molar-refractivity contribution in [2.24, 2.45) is 0 Å². The molecule has 0 aliphatic carbocycles. The monoisotopic (exact) mass is 228 g/mol. The molecular weight excluding hydrogens is 212 g/mol. The van der Waals surface area contributed by atoms with Crippen molar-refractivity contribution in [3.8, 4) is 0 Å². The van der Waals surface area contributed by atoms with Crippen LogP contribution < -0.4 is 0 Å². The van der Waals surface area contributed by atoms with Gasteiger partial charge in [-0.1, -0.05) is 0 Å². The number of aliphatic carboxylic acids is 1. The first-order valence-corrected chi connectivity index (χ1v) is 3.92. The van der Waals surface area contributed by atoms with Crippen LogP contribution in [0, 0.1) is 0 Å². The molecule has 0 aliphatic heterocycles. The number of carboxylic acid groups (broad SMARTS) is 1. The Morgan fingerprint density at radius 2 is 1.47 bits per heavy atom. The van der Waals surface area contributed by atoms with Gasteiger partial charge >= 0.3 is 5.97 Å². The Balaban J connectivity index is 0. The van der Waals surface area contributed by atoms with E-state index in [1.54, 1.807) is 0 Å². The van der Waals surface area contributed by atoms with Crippen LogP contribution in [0.2, 0.25) is 0 Å². The molecule has 0 heterocycles. The van der Waals surface area contributed by atoms with Gasteiger partial charge in [0, 0.05) is 7.11 Å². The van der Waals surface area contributed by atoms with E-state index in [0.717, 1.165) is 7.11 Å². The van der Waals surface area contributed by atoms with Crippen LogP contribution in [-0.2, 0) is 4.79 Å². The zero-order valence-electron chi connectivity index (χ0n) is 8.06. The van der Waals surface area contributed by atoms with Crippen LogP contribution in [-0.4, -0.2) is 79.8 Å². The summed E-state index contributed by atoms with van der Waals surface area (Å²) in [6.45, 7) is -0.843. The highest BCUT2D eigenvalue weighted by atomic mass is 16.4. The molecule has 4 atom stereocenters. The lowest BCUT2D eigenvalue weighted by atomic mass is 10.0. The van der Waals surface area contributed by atoms with Crippen molar-refractivity contribution in [3.05, 3.63) is 0 Å². The van der Waals surface area contributed by atoms with Crippen LogP contribution in [0.1, 0.15) is 0 Å². The zero-order chi connectivity index (χ0) is 12.6. The number of aliphatic hydroxyl groups is 6. The van der Waals surface area contributed by atoms with E-state index in [9.17, 15) is 4.79 Å². The lowest BCUT2D eigenvalue weighted by molar-refractivity contribution is -0.164. The van der Waals surface area contributed by atoms with E-state index in [0.29, 0.717) is 0 Å². The van der Waals surface area contributed by atoms with Crippen LogP contribution in [0.15, 0.2) is 0 Å². The van der Waals surface area contributed by atoms with Gasteiger partial charge in [-0.15, -0.1) is 0 Å². The summed E-state index contributed by atoms with van der Waals surface area (Å²) in [4.78, 5) is 10.1. The van der Waals surface area contributed by atoms with Crippen LogP contribution in [0.3, 0.4) is 0 Å². The minimum absolute atomic E-state index is 0.843. The van der Waals surface area contributed by atoms with E-state index in [4.69, 9.17) is 35.7 Å². The fourth-order valence-corrected chi connectivity index (χ4v) is 0.668. The molecule has 0 aromatic rings. The van der Waals surface area contributed by atoms with Crippen LogP contribution in [0.4, 0.5) is 0 Å². The second-order valence-electron chi connectivity index (χ2n) is 2.51. The number of aliphatic hydroxyl groups excluding tert-OH is 6. The largest absolute Gasteiger partial charge is 0.479 e. The lowest BCUT2D eigenvalue weighted by Gasteiger charge is -2.23. The lowest BCUT2D eigenvalue weighted by Crippen LogP contribution is -2.48. The Hall–Kier alpha value is -0.770. The molecule has 0 fully saturated rings. The summed E-state index contributed by atoms with van der Waals surface area (Å²) in [5.74, 6) is -1.73. The molecule has 8 nitrogen and oxygen atoms in total. The summed E-state index contributed by atoms with van der Waals surface area (Å²) in [6.07, 6.45) is -7.84. The highest BCUT2D eigenvalue weighted by Crippen LogP contribution is 2.04. The van der Waals surface area contributed by atoms with Crippen molar-refractivity contribution in [2.75, 3.05) is 13.7 Å². The molecule has 92 valence electrons. The third-order valence-corrected chi connectivity index (χ3v) is 1.51. The van der Waals surface area contributed by atoms with Crippen molar-refractivity contribution in [1.82, 2.24) is 0 Å². The molecule has 7 N–H and O–H groups in total. The van der Waals surface area contributed by atoms with Crippen LogP contribution in [0.5, 0.6) is 0 Å². The van der Waals surface area contributed by atoms with Gasteiger partial charge in [-0.05, 0) is 0 Å². The predicted molar refractivity (Wildman–Crippen MR) is 46.9 cm³/mol. The molecule has 4 unspecified atom stereocenters. The first-order chi connectivity index (χ1) is 6.91. The fourth-order valence-electron chi connectivity index (χ4n) is 0.668. The van der Waals surface area contributed by atoms with E-state index in [2.05, 4.69) is 0 Å². The summed E-state index contributed by atoms with van der Waals surface area (Å²) in [5.41, 5.74) is 0. The van der Waals surface area contributed by atoms with E-state index in [-0.39, 0.29) is 0 Å². The van der Waals surface area contributed by atoms with Crippen LogP contribution >= 0.6 is 0 Å². The second-order valence-corrected chi connectivity index (χ2v) is 2.51. The molecule has 0 rings (SSSR count). The fraction of sp³-hybridized carbons (Fsp3) is 0.857. The number of carbonyl (C=O) groups is 1. The Morgan fingerprint density at radius 1 is 1.07 bits per heavy atom. The SMILES string of the molecule is CO.O=C(O)C(O)C(O)C(O)C(O)CO. The van der Waals surface area contributed by atoms with Crippen molar-refractivity contribution in [1.29, 1.82) is 0 Å². The maximum atomic E-state index is 10.1. The van der Waals surface area contributed by atoms with Crippen molar-refractivity contribution >= 4 is 5.97 Å². The zero-order valence-corrected chi connectivity index (χ0v) is 8.06. The number of hydrogen-bond acceptors (Lipinski definition) is 7. The quantitative estimate of drug-likeness (QED) is 0.251. The summed E-state index contributed by atoms with van der Waals surface area (Å²) >= 11 is 0.